The monoisotopic (exact) mass is 375 g/mol. The van der Waals surface area contributed by atoms with Gasteiger partial charge >= 0.3 is 12.0 Å². The number of amides is 3. The zero-order valence-electron chi connectivity index (χ0n) is 16.2. The highest BCUT2D eigenvalue weighted by molar-refractivity contribution is 6.03. The summed E-state index contributed by atoms with van der Waals surface area (Å²) in [6.07, 6.45) is 1.57. The average Bonchev–Trinajstić information content (AvgIpc) is 3.03. The van der Waals surface area contributed by atoms with E-state index in [9.17, 15) is 14.4 Å². The number of hydrogen-bond acceptors (Lipinski definition) is 6. The lowest BCUT2D eigenvalue weighted by atomic mass is 10.1. The van der Waals surface area contributed by atoms with Gasteiger partial charge in [0, 0.05) is 18.3 Å². The molecule has 0 saturated carbocycles. The Balaban J connectivity index is 2.24. The van der Waals surface area contributed by atoms with Crippen molar-refractivity contribution in [3.63, 3.8) is 0 Å². The van der Waals surface area contributed by atoms with Crippen molar-refractivity contribution in [2.45, 2.75) is 46.6 Å². The van der Waals surface area contributed by atoms with Crippen LogP contribution in [0.2, 0.25) is 0 Å². The highest BCUT2D eigenvalue weighted by atomic mass is 16.5. The summed E-state index contributed by atoms with van der Waals surface area (Å²) >= 11 is 0. The smallest absolute Gasteiger partial charge is 0.339 e. The van der Waals surface area contributed by atoms with Crippen molar-refractivity contribution in [2.24, 2.45) is 0 Å². The van der Waals surface area contributed by atoms with E-state index in [1.165, 1.54) is 0 Å². The lowest BCUT2D eigenvalue weighted by Crippen LogP contribution is -2.41. The van der Waals surface area contributed by atoms with Crippen molar-refractivity contribution in [2.75, 3.05) is 13.2 Å². The van der Waals surface area contributed by atoms with Crippen LogP contribution in [-0.2, 0) is 9.53 Å². The van der Waals surface area contributed by atoms with Crippen LogP contribution in [-0.4, -0.2) is 45.8 Å². The van der Waals surface area contributed by atoms with Crippen LogP contribution in [0.3, 0.4) is 0 Å². The molecule has 2 aromatic heterocycles. The van der Waals surface area contributed by atoms with Gasteiger partial charge in [0.15, 0.2) is 12.3 Å². The quantitative estimate of drug-likeness (QED) is 0.748. The normalized spacial score (nSPS) is 11.1. The summed E-state index contributed by atoms with van der Waals surface area (Å²) in [5.74, 6) is -1.28. The standard InChI is InChI=1S/C18H25N5O4/c1-6-19-18(26)22-15(24)9-27-17(25)12-7-14(10(2)3)21-16-13(12)8-20-23(16)11(4)5/h7-8,10-11H,6,9H2,1-5H3,(H2,19,22,24,26). The van der Waals surface area contributed by atoms with Crippen molar-refractivity contribution in [3.05, 3.63) is 23.5 Å². The third-order valence-corrected chi connectivity index (χ3v) is 3.81. The van der Waals surface area contributed by atoms with Crippen LogP contribution in [0.4, 0.5) is 4.79 Å². The topological polar surface area (TPSA) is 115 Å². The van der Waals surface area contributed by atoms with Crippen LogP contribution in [0.5, 0.6) is 0 Å². The van der Waals surface area contributed by atoms with E-state index >= 15 is 0 Å². The third-order valence-electron chi connectivity index (χ3n) is 3.81. The van der Waals surface area contributed by atoms with E-state index in [0.29, 0.717) is 23.1 Å². The van der Waals surface area contributed by atoms with E-state index in [4.69, 9.17) is 4.74 Å². The van der Waals surface area contributed by atoms with E-state index in [-0.39, 0.29) is 12.0 Å². The maximum absolute atomic E-state index is 12.6. The molecule has 0 fully saturated rings. The van der Waals surface area contributed by atoms with Crippen LogP contribution < -0.4 is 10.6 Å². The molecule has 9 nitrogen and oxygen atoms in total. The Kier molecular flexibility index (Phi) is 6.49. The second-order valence-electron chi connectivity index (χ2n) is 6.65. The number of imide groups is 1. The maximum Gasteiger partial charge on any atom is 0.339 e. The minimum Gasteiger partial charge on any atom is -0.452 e. The van der Waals surface area contributed by atoms with Crippen molar-refractivity contribution < 1.29 is 19.1 Å². The molecule has 0 bridgehead atoms. The molecule has 0 spiro atoms. The Morgan fingerprint density at radius 2 is 1.93 bits per heavy atom. The molecule has 0 aliphatic carbocycles. The zero-order chi connectivity index (χ0) is 20.1. The number of pyridine rings is 1. The Hall–Kier alpha value is -2.97. The highest BCUT2D eigenvalue weighted by Crippen LogP contribution is 2.24. The molecule has 0 saturated heterocycles. The molecular formula is C18H25N5O4. The van der Waals surface area contributed by atoms with Gasteiger partial charge in [0.05, 0.1) is 17.1 Å². The summed E-state index contributed by atoms with van der Waals surface area (Å²) in [7, 11) is 0. The van der Waals surface area contributed by atoms with Crippen molar-refractivity contribution >= 4 is 28.9 Å². The van der Waals surface area contributed by atoms with E-state index < -0.39 is 24.5 Å². The van der Waals surface area contributed by atoms with E-state index in [2.05, 4.69) is 20.7 Å². The number of carbonyl (C=O) groups is 3. The molecule has 2 heterocycles. The van der Waals surface area contributed by atoms with Gasteiger partial charge in [-0.2, -0.15) is 5.10 Å². The van der Waals surface area contributed by atoms with Gasteiger partial charge in [-0.1, -0.05) is 13.8 Å². The SMILES string of the molecule is CCNC(=O)NC(=O)COC(=O)c1cc(C(C)C)nc2c1cnn2C(C)C. The van der Waals surface area contributed by atoms with Gasteiger partial charge in [0.25, 0.3) is 5.91 Å². The van der Waals surface area contributed by atoms with E-state index in [1.54, 1.807) is 23.9 Å². The van der Waals surface area contributed by atoms with Crippen LogP contribution in [0, 0.1) is 0 Å². The Morgan fingerprint density at radius 1 is 1.22 bits per heavy atom. The molecule has 27 heavy (non-hydrogen) atoms. The van der Waals surface area contributed by atoms with E-state index in [1.807, 2.05) is 27.7 Å². The number of carbonyl (C=O) groups excluding carboxylic acids is 3. The predicted octanol–water partition coefficient (Wildman–Crippen LogP) is 2.14. The molecule has 2 N–H and O–H groups in total. The van der Waals surface area contributed by atoms with Crippen LogP contribution >= 0.6 is 0 Å². The van der Waals surface area contributed by atoms with Crippen LogP contribution in [0.1, 0.15) is 62.6 Å². The van der Waals surface area contributed by atoms with Gasteiger partial charge in [-0.15, -0.1) is 0 Å². The van der Waals surface area contributed by atoms with Gasteiger partial charge in [-0.3, -0.25) is 10.1 Å². The first-order valence-electron chi connectivity index (χ1n) is 8.87. The lowest BCUT2D eigenvalue weighted by Gasteiger charge is -2.12. The highest BCUT2D eigenvalue weighted by Gasteiger charge is 2.21. The van der Waals surface area contributed by atoms with E-state index in [0.717, 1.165) is 5.69 Å². The van der Waals surface area contributed by atoms with Crippen molar-refractivity contribution in [3.8, 4) is 0 Å². The first-order valence-corrected chi connectivity index (χ1v) is 8.87. The molecule has 0 radical (unpaired) electrons. The number of urea groups is 1. The summed E-state index contributed by atoms with van der Waals surface area (Å²) in [4.78, 5) is 40.2. The molecule has 0 atom stereocenters. The van der Waals surface area contributed by atoms with Gasteiger partial charge in [0.2, 0.25) is 0 Å². The fourth-order valence-corrected chi connectivity index (χ4v) is 2.46. The number of esters is 1. The Bertz CT molecular complexity index is 857. The molecule has 146 valence electrons. The largest absolute Gasteiger partial charge is 0.452 e. The summed E-state index contributed by atoms with van der Waals surface area (Å²) in [5, 5.41) is 9.37. The fraction of sp³-hybridized carbons (Fsp3) is 0.500. The van der Waals surface area contributed by atoms with Crippen LogP contribution in [0.25, 0.3) is 11.0 Å². The molecule has 9 heteroatoms. The first kappa shape index (κ1) is 20.3. The molecule has 0 aromatic carbocycles. The second kappa shape index (κ2) is 8.61. The van der Waals surface area contributed by atoms with Crippen molar-refractivity contribution in [1.82, 2.24) is 25.4 Å². The number of rotatable bonds is 6. The number of aromatic nitrogens is 3. The molecule has 2 aromatic rings. The maximum atomic E-state index is 12.6. The number of nitrogens with zero attached hydrogens (tertiary/aromatic N) is 3. The number of hydrogen-bond donors (Lipinski definition) is 2. The van der Waals surface area contributed by atoms with Gasteiger partial charge in [0.1, 0.15) is 0 Å². The Labute approximate surface area is 157 Å². The molecule has 0 aliphatic heterocycles. The molecule has 2 rings (SSSR count). The predicted molar refractivity (Wildman–Crippen MR) is 99.5 cm³/mol. The number of ether oxygens (including phenoxy) is 1. The summed E-state index contributed by atoms with van der Waals surface area (Å²) in [5.41, 5.74) is 1.61. The molecule has 0 unspecified atom stereocenters. The third kappa shape index (κ3) is 4.81. The molecule has 0 aliphatic rings. The number of fused-ring (bicyclic) bond motifs is 1. The molecule has 3 amide bonds. The molecular weight excluding hydrogens is 350 g/mol. The van der Waals surface area contributed by atoms with Gasteiger partial charge in [-0.25, -0.2) is 19.3 Å². The minimum atomic E-state index is -0.707. The minimum absolute atomic E-state index is 0.0733. The second-order valence-corrected chi connectivity index (χ2v) is 6.65. The Morgan fingerprint density at radius 3 is 2.52 bits per heavy atom. The fourth-order valence-electron chi connectivity index (χ4n) is 2.46. The summed E-state index contributed by atoms with van der Waals surface area (Å²) in [6, 6.07) is 1.10. The number of nitrogens with one attached hydrogen (secondary N) is 2. The van der Waals surface area contributed by atoms with Gasteiger partial charge in [-0.05, 0) is 32.8 Å². The summed E-state index contributed by atoms with van der Waals surface area (Å²) < 4.78 is 6.82. The first-order chi connectivity index (χ1) is 12.7. The summed E-state index contributed by atoms with van der Waals surface area (Å²) in [6.45, 7) is 9.43. The average molecular weight is 375 g/mol. The van der Waals surface area contributed by atoms with Crippen molar-refractivity contribution in [1.29, 1.82) is 0 Å². The van der Waals surface area contributed by atoms with Gasteiger partial charge < -0.3 is 10.1 Å². The lowest BCUT2D eigenvalue weighted by molar-refractivity contribution is -0.123. The zero-order valence-corrected chi connectivity index (χ0v) is 16.2. The van der Waals surface area contributed by atoms with Crippen LogP contribution in [0.15, 0.2) is 12.3 Å².